The molecule has 1 aliphatic carbocycles. The Bertz CT molecular complexity index is 1070. The maximum absolute atomic E-state index is 13.2. The molecule has 1 fully saturated rings. The second-order valence-electron chi connectivity index (χ2n) is 7.56. The van der Waals surface area contributed by atoms with E-state index in [0.29, 0.717) is 12.1 Å². The third-order valence-electron chi connectivity index (χ3n) is 5.51. The van der Waals surface area contributed by atoms with Crippen molar-refractivity contribution in [1.82, 2.24) is 4.72 Å². The predicted molar refractivity (Wildman–Crippen MR) is 108 cm³/mol. The van der Waals surface area contributed by atoms with E-state index in [1.165, 1.54) is 28.6 Å². The van der Waals surface area contributed by atoms with Gasteiger partial charge < -0.3 is 0 Å². The molecule has 0 amide bonds. The van der Waals surface area contributed by atoms with Gasteiger partial charge in [-0.3, -0.25) is 4.31 Å². The van der Waals surface area contributed by atoms with Crippen molar-refractivity contribution in [2.75, 3.05) is 4.31 Å². The first-order chi connectivity index (χ1) is 13.3. The van der Waals surface area contributed by atoms with E-state index in [-0.39, 0.29) is 21.9 Å². The van der Waals surface area contributed by atoms with E-state index in [1.807, 2.05) is 25.1 Å². The minimum Gasteiger partial charge on any atom is -0.263 e. The summed E-state index contributed by atoms with van der Waals surface area (Å²) in [5, 5.41) is 0. The number of hydrogen-bond donors (Lipinski definition) is 1. The van der Waals surface area contributed by atoms with Crippen LogP contribution in [0, 0.1) is 0 Å². The van der Waals surface area contributed by atoms with E-state index in [2.05, 4.69) is 4.72 Å². The molecule has 2 aromatic rings. The van der Waals surface area contributed by atoms with Crippen molar-refractivity contribution < 1.29 is 16.8 Å². The molecule has 1 saturated carbocycles. The van der Waals surface area contributed by atoms with Crippen molar-refractivity contribution in [3.05, 3.63) is 54.1 Å². The second-order valence-corrected chi connectivity index (χ2v) is 11.1. The van der Waals surface area contributed by atoms with Gasteiger partial charge >= 0.3 is 0 Å². The van der Waals surface area contributed by atoms with Gasteiger partial charge in [0.25, 0.3) is 10.0 Å². The van der Waals surface area contributed by atoms with Crippen LogP contribution in [-0.2, 0) is 26.5 Å². The maximum atomic E-state index is 13.2. The van der Waals surface area contributed by atoms with Crippen LogP contribution in [0.3, 0.4) is 0 Å². The first kappa shape index (κ1) is 19.4. The van der Waals surface area contributed by atoms with Crippen LogP contribution in [0.4, 0.5) is 5.69 Å². The first-order valence-corrected chi connectivity index (χ1v) is 12.5. The van der Waals surface area contributed by atoms with Crippen molar-refractivity contribution in [3.8, 4) is 0 Å². The number of sulfonamides is 2. The molecule has 0 bridgehead atoms. The number of hydrogen-bond acceptors (Lipinski definition) is 4. The van der Waals surface area contributed by atoms with E-state index in [0.717, 1.165) is 31.2 Å². The summed E-state index contributed by atoms with van der Waals surface area (Å²) in [7, 11) is -7.41. The number of rotatable bonds is 5. The standard InChI is InChI=1S/C20H24N2O4S2/c1-15-14-16-6-2-5-9-20(16)22(15)28(25,26)19-12-10-18(11-13-19)27(23,24)21-17-7-3-4-8-17/h2,5-6,9-13,15,17,21H,3-4,7-8,14H2,1H3/t15-/m1/s1. The van der Waals surface area contributed by atoms with Gasteiger partial charge in [-0.1, -0.05) is 31.0 Å². The average molecular weight is 421 g/mol. The first-order valence-electron chi connectivity index (χ1n) is 9.54. The molecule has 0 radical (unpaired) electrons. The third kappa shape index (κ3) is 3.44. The molecule has 1 atom stereocenters. The zero-order valence-electron chi connectivity index (χ0n) is 15.7. The van der Waals surface area contributed by atoms with Gasteiger partial charge in [0.1, 0.15) is 0 Å². The lowest BCUT2D eigenvalue weighted by Crippen LogP contribution is -2.35. The Morgan fingerprint density at radius 2 is 1.50 bits per heavy atom. The molecule has 1 N–H and O–H groups in total. The molecule has 1 heterocycles. The molecule has 0 spiro atoms. The second kappa shape index (κ2) is 7.17. The molecule has 4 rings (SSSR count). The number of benzene rings is 2. The highest BCUT2D eigenvalue weighted by atomic mass is 32.2. The molecule has 8 heteroatoms. The van der Waals surface area contributed by atoms with Gasteiger partial charge in [0.15, 0.2) is 0 Å². The van der Waals surface area contributed by atoms with Crippen molar-refractivity contribution in [3.63, 3.8) is 0 Å². The molecule has 28 heavy (non-hydrogen) atoms. The van der Waals surface area contributed by atoms with Gasteiger partial charge in [-0.2, -0.15) is 0 Å². The highest BCUT2D eigenvalue weighted by Gasteiger charge is 2.36. The smallest absolute Gasteiger partial charge is 0.263 e. The van der Waals surface area contributed by atoms with Crippen LogP contribution in [0.5, 0.6) is 0 Å². The van der Waals surface area contributed by atoms with Crippen LogP contribution >= 0.6 is 0 Å². The lowest BCUT2D eigenvalue weighted by molar-refractivity contribution is 0.552. The largest absolute Gasteiger partial charge is 0.264 e. The Morgan fingerprint density at radius 3 is 2.18 bits per heavy atom. The van der Waals surface area contributed by atoms with Crippen LogP contribution in [0.15, 0.2) is 58.3 Å². The van der Waals surface area contributed by atoms with Gasteiger partial charge in [0.2, 0.25) is 10.0 Å². The van der Waals surface area contributed by atoms with Crippen LogP contribution in [0.25, 0.3) is 0 Å². The Balaban J connectivity index is 1.61. The topological polar surface area (TPSA) is 83.6 Å². The lowest BCUT2D eigenvalue weighted by atomic mass is 10.1. The molecule has 0 aromatic heterocycles. The molecule has 150 valence electrons. The lowest BCUT2D eigenvalue weighted by Gasteiger charge is -2.24. The highest BCUT2D eigenvalue weighted by Crippen LogP contribution is 2.36. The molecule has 1 aliphatic heterocycles. The number of nitrogens with zero attached hydrogens (tertiary/aromatic N) is 1. The summed E-state index contributed by atoms with van der Waals surface area (Å²) in [5.41, 5.74) is 1.69. The van der Waals surface area contributed by atoms with E-state index in [4.69, 9.17) is 0 Å². The average Bonchev–Trinajstić information content (AvgIpc) is 3.27. The summed E-state index contributed by atoms with van der Waals surface area (Å²) in [5.74, 6) is 0. The van der Waals surface area contributed by atoms with Crippen molar-refractivity contribution >= 4 is 25.7 Å². The third-order valence-corrected chi connectivity index (χ3v) is 8.99. The van der Waals surface area contributed by atoms with E-state index in [9.17, 15) is 16.8 Å². The predicted octanol–water partition coefficient (Wildman–Crippen LogP) is 3.05. The number of para-hydroxylation sites is 1. The summed E-state index contributed by atoms with van der Waals surface area (Å²) < 4.78 is 55.7. The minimum atomic E-state index is -3.77. The van der Waals surface area contributed by atoms with Gasteiger partial charge in [-0.25, -0.2) is 21.6 Å². The maximum Gasteiger partial charge on any atom is 0.264 e. The fraction of sp³-hybridized carbons (Fsp3) is 0.400. The zero-order valence-corrected chi connectivity index (χ0v) is 17.3. The van der Waals surface area contributed by atoms with Gasteiger partial charge in [0.05, 0.1) is 15.5 Å². The molecular formula is C20H24N2O4S2. The molecular weight excluding hydrogens is 396 g/mol. The van der Waals surface area contributed by atoms with Crippen molar-refractivity contribution in [2.45, 2.75) is 60.9 Å². The molecule has 2 aliphatic rings. The molecule has 2 aromatic carbocycles. The van der Waals surface area contributed by atoms with Crippen molar-refractivity contribution in [1.29, 1.82) is 0 Å². The number of nitrogens with one attached hydrogen (secondary N) is 1. The molecule has 6 nitrogen and oxygen atoms in total. The van der Waals surface area contributed by atoms with Gasteiger partial charge in [-0.15, -0.1) is 0 Å². The Kier molecular flexibility index (Phi) is 4.97. The van der Waals surface area contributed by atoms with Gasteiger partial charge in [-0.05, 0) is 62.1 Å². The van der Waals surface area contributed by atoms with Crippen LogP contribution in [-0.4, -0.2) is 28.9 Å². The van der Waals surface area contributed by atoms with Crippen LogP contribution in [0.2, 0.25) is 0 Å². The van der Waals surface area contributed by atoms with E-state index >= 15 is 0 Å². The molecule has 0 saturated heterocycles. The van der Waals surface area contributed by atoms with Gasteiger partial charge in [0, 0.05) is 12.1 Å². The fourth-order valence-electron chi connectivity index (χ4n) is 4.14. The van der Waals surface area contributed by atoms with Crippen LogP contribution in [0.1, 0.15) is 38.2 Å². The SMILES string of the molecule is C[C@@H]1Cc2ccccc2N1S(=O)(=O)c1ccc(S(=O)(=O)NC2CCCC2)cc1. The normalized spacial score (nSPS) is 20.5. The quantitative estimate of drug-likeness (QED) is 0.806. The summed E-state index contributed by atoms with van der Waals surface area (Å²) in [6, 6.07) is 12.8. The number of fused-ring (bicyclic) bond motifs is 1. The van der Waals surface area contributed by atoms with E-state index in [1.54, 1.807) is 6.07 Å². The summed E-state index contributed by atoms with van der Waals surface area (Å²) in [4.78, 5) is 0.184. The van der Waals surface area contributed by atoms with Crippen molar-refractivity contribution in [2.24, 2.45) is 0 Å². The highest BCUT2D eigenvalue weighted by molar-refractivity contribution is 7.93. The summed E-state index contributed by atoms with van der Waals surface area (Å²) in [6.07, 6.45) is 4.41. The zero-order chi connectivity index (χ0) is 19.9. The minimum absolute atomic E-state index is 0.0321. The molecule has 0 unspecified atom stereocenters. The monoisotopic (exact) mass is 420 g/mol. The Labute approximate surface area is 166 Å². The Hall–Kier alpha value is -1.90. The van der Waals surface area contributed by atoms with E-state index < -0.39 is 20.0 Å². The number of anilines is 1. The van der Waals surface area contributed by atoms with Crippen LogP contribution < -0.4 is 9.03 Å². The Morgan fingerprint density at radius 1 is 0.893 bits per heavy atom. The summed E-state index contributed by atoms with van der Waals surface area (Å²) in [6.45, 7) is 1.88. The summed E-state index contributed by atoms with van der Waals surface area (Å²) >= 11 is 0. The fourth-order valence-corrected chi connectivity index (χ4v) is 7.14.